The van der Waals surface area contributed by atoms with Gasteiger partial charge >= 0.3 is 0 Å². The molecular weight excluding hydrogens is 540 g/mol. The Hall–Kier alpha value is -3.37. The van der Waals surface area contributed by atoms with Crippen molar-refractivity contribution < 1.29 is 18.8 Å². The van der Waals surface area contributed by atoms with E-state index in [1.54, 1.807) is 37.4 Å². The molecule has 2 heterocycles. The number of nitrogens with zero attached hydrogens (tertiary/aromatic N) is 3. The van der Waals surface area contributed by atoms with E-state index >= 15 is 0 Å². The number of piperazine rings is 1. The van der Waals surface area contributed by atoms with Crippen molar-refractivity contribution in [2.45, 2.75) is 31.7 Å². The van der Waals surface area contributed by atoms with Crippen molar-refractivity contribution in [1.29, 1.82) is 0 Å². The number of halogens is 1. The van der Waals surface area contributed by atoms with Gasteiger partial charge in [0.15, 0.2) is 0 Å². The van der Waals surface area contributed by atoms with E-state index in [0.717, 1.165) is 69.8 Å². The van der Waals surface area contributed by atoms with Crippen molar-refractivity contribution in [3.63, 3.8) is 0 Å². The van der Waals surface area contributed by atoms with E-state index in [1.165, 1.54) is 17.3 Å². The number of nitrogens with one attached hydrogen (secondary N) is 3. The van der Waals surface area contributed by atoms with E-state index in [2.05, 4.69) is 31.5 Å². The number of ether oxygens (including phenoxy) is 1. The lowest BCUT2D eigenvalue weighted by Crippen LogP contribution is -2.51. The van der Waals surface area contributed by atoms with Crippen molar-refractivity contribution in [3.8, 4) is 5.75 Å². The molecule has 0 spiro atoms. The summed E-state index contributed by atoms with van der Waals surface area (Å²) in [6.45, 7) is 2.35. The Morgan fingerprint density at radius 2 is 1.98 bits per heavy atom. The highest BCUT2D eigenvalue weighted by molar-refractivity contribution is 6.33. The van der Waals surface area contributed by atoms with Gasteiger partial charge in [-0.15, -0.1) is 0 Å². The predicted molar refractivity (Wildman–Crippen MR) is 164 cm³/mol. The molecule has 10 heteroatoms. The maximum atomic E-state index is 12.6. The third-order valence-electron chi connectivity index (χ3n) is 7.99. The molecule has 41 heavy (non-hydrogen) atoms. The molecule has 1 aliphatic carbocycles. The number of aliphatic hydroxyl groups excluding tert-OH is 1. The number of para-hydroxylation sites is 1. The quantitative estimate of drug-likeness (QED) is 0.275. The summed E-state index contributed by atoms with van der Waals surface area (Å²) in [7, 11) is 1.69. The van der Waals surface area contributed by atoms with Crippen LogP contribution in [0, 0.1) is 0 Å². The molecule has 2 aromatic carbocycles. The maximum absolute atomic E-state index is 12.6. The zero-order valence-electron chi connectivity index (χ0n) is 26.3. The summed E-state index contributed by atoms with van der Waals surface area (Å²) in [5, 5.41) is 18.2. The Morgan fingerprint density at radius 3 is 2.76 bits per heavy atom. The lowest BCUT2D eigenvalue weighted by molar-refractivity contribution is 0.0805. The van der Waals surface area contributed by atoms with Crippen LogP contribution in [0.5, 0.6) is 5.75 Å². The van der Waals surface area contributed by atoms with Crippen molar-refractivity contribution in [3.05, 3.63) is 70.4 Å². The van der Waals surface area contributed by atoms with Crippen molar-refractivity contribution >= 4 is 40.4 Å². The number of methoxy groups -OCH3 is 1. The molecule has 0 radical (unpaired) electrons. The molecule has 0 unspecified atom stereocenters. The fraction of sp³-hybridized carbons (Fsp3) is 0.419. The third-order valence-corrected chi connectivity index (χ3v) is 8.29. The molecule has 1 aromatic heterocycles. The lowest BCUT2D eigenvalue weighted by atomic mass is 9.98. The highest BCUT2D eigenvalue weighted by Gasteiger charge is 2.28. The van der Waals surface area contributed by atoms with Gasteiger partial charge in [-0.3, -0.25) is 14.6 Å². The summed E-state index contributed by atoms with van der Waals surface area (Å²) in [6, 6.07) is 13.0. The molecule has 4 N–H and O–H groups in total. The Balaban J connectivity index is 1.33. The summed E-state index contributed by atoms with van der Waals surface area (Å²) < 4.78 is 28.1. The first-order valence-electron chi connectivity index (χ1n) is 15.5. The summed E-state index contributed by atoms with van der Waals surface area (Å²) in [6.07, 6.45) is 5.59. The molecule has 1 atom stereocenters. The number of rotatable bonds is 9. The second kappa shape index (κ2) is 13.5. The summed E-state index contributed by atoms with van der Waals surface area (Å²) in [4.78, 5) is 22.0. The van der Waals surface area contributed by atoms with Crippen LogP contribution in [0.25, 0.3) is 0 Å². The van der Waals surface area contributed by atoms with Gasteiger partial charge in [-0.2, -0.15) is 0 Å². The average molecular weight is 582 g/mol. The number of hydrogen-bond acceptors (Lipinski definition) is 8. The van der Waals surface area contributed by atoms with Crippen LogP contribution in [0.3, 0.4) is 0 Å². The van der Waals surface area contributed by atoms with Gasteiger partial charge in [-0.25, -0.2) is 4.98 Å². The molecule has 3 aromatic rings. The van der Waals surface area contributed by atoms with E-state index in [9.17, 15) is 9.90 Å². The number of pyridine rings is 1. The molecule has 1 aliphatic heterocycles. The monoisotopic (exact) mass is 581 g/mol. The van der Waals surface area contributed by atoms with Crippen molar-refractivity contribution in [2.75, 3.05) is 64.0 Å². The standard InChI is InChI=1S/C31H39ClN6O3/c1-33-31(40)24-7-3-4-9-26(24)35-28-19-29(34-20-25(28)32)36-27-11-10-21-18-22(6-5-8-23(21)30(27)41-2)38-14-12-37(13-15-38)16-17-39/h3-4,7,9-11,19-20,22,39H,5-6,8,12-18H2,1-2H3,(H,33,40)(H2,34,35,36)/t22-/m0/s1/i1D3. The van der Waals surface area contributed by atoms with Gasteiger partial charge < -0.3 is 25.8 Å². The molecule has 0 saturated carbocycles. The van der Waals surface area contributed by atoms with Crippen LogP contribution in [0.4, 0.5) is 22.9 Å². The fourth-order valence-electron chi connectivity index (χ4n) is 5.88. The number of carbonyl (C=O) groups is 1. The van der Waals surface area contributed by atoms with Crippen LogP contribution in [-0.4, -0.2) is 85.3 Å². The third kappa shape index (κ3) is 6.76. The van der Waals surface area contributed by atoms with Crippen LogP contribution >= 0.6 is 11.6 Å². The van der Waals surface area contributed by atoms with E-state index in [4.69, 9.17) is 20.5 Å². The number of β-amino-alcohol motifs (C(OH)–C–C–N with tert-alkyl or cyclic N) is 1. The molecule has 218 valence electrons. The topological polar surface area (TPSA) is 102 Å². The van der Waals surface area contributed by atoms with Crippen LogP contribution in [0.2, 0.25) is 5.02 Å². The minimum Gasteiger partial charge on any atom is -0.494 e. The first kappa shape index (κ1) is 25.3. The van der Waals surface area contributed by atoms with Gasteiger partial charge in [0.25, 0.3) is 5.91 Å². The largest absolute Gasteiger partial charge is 0.494 e. The number of aromatic nitrogens is 1. The van der Waals surface area contributed by atoms with E-state index in [-0.39, 0.29) is 12.2 Å². The normalized spacial score (nSPS) is 19.2. The van der Waals surface area contributed by atoms with Gasteiger partial charge in [0.05, 0.1) is 47.6 Å². The van der Waals surface area contributed by atoms with Crippen molar-refractivity contribution in [2.24, 2.45) is 0 Å². The average Bonchev–Trinajstić information content (AvgIpc) is 3.21. The van der Waals surface area contributed by atoms with E-state index < -0.39 is 12.9 Å². The molecule has 5 rings (SSSR count). The van der Waals surface area contributed by atoms with Gasteiger partial charge in [-0.05, 0) is 55.0 Å². The van der Waals surface area contributed by atoms with Crippen LogP contribution in [0.15, 0.2) is 48.7 Å². The molecular formula is C31H39ClN6O3. The van der Waals surface area contributed by atoms with Crippen molar-refractivity contribution in [1.82, 2.24) is 20.1 Å². The minimum atomic E-state index is -2.61. The Labute approximate surface area is 251 Å². The summed E-state index contributed by atoms with van der Waals surface area (Å²) in [5.41, 5.74) is 4.37. The molecule has 2 aliphatic rings. The molecule has 1 amide bonds. The maximum Gasteiger partial charge on any atom is 0.253 e. The number of fused-ring (bicyclic) bond motifs is 1. The Morgan fingerprint density at radius 1 is 1.15 bits per heavy atom. The van der Waals surface area contributed by atoms with E-state index in [1.807, 2.05) is 11.4 Å². The highest BCUT2D eigenvalue weighted by atomic mass is 35.5. The molecule has 9 nitrogen and oxygen atoms in total. The number of amides is 1. The molecule has 1 fully saturated rings. The second-order valence-electron chi connectivity index (χ2n) is 10.4. The van der Waals surface area contributed by atoms with E-state index in [0.29, 0.717) is 28.3 Å². The van der Waals surface area contributed by atoms with Gasteiger partial charge in [-0.1, -0.05) is 29.8 Å². The number of benzene rings is 2. The predicted octanol–water partition coefficient (Wildman–Crippen LogP) is 4.45. The number of aliphatic hydroxyl groups is 1. The smallest absolute Gasteiger partial charge is 0.253 e. The summed E-state index contributed by atoms with van der Waals surface area (Å²) >= 11 is 6.47. The highest BCUT2D eigenvalue weighted by Crippen LogP contribution is 2.38. The van der Waals surface area contributed by atoms with Crippen LogP contribution < -0.4 is 20.7 Å². The Kier molecular flexibility index (Phi) is 8.36. The second-order valence-corrected chi connectivity index (χ2v) is 10.8. The fourth-order valence-corrected chi connectivity index (χ4v) is 6.04. The first-order chi connectivity index (χ1) is 21.1. The minimum absolute atomic E-state index is 0.170. The van der Waals surface area contributed by atoms with Gasteiger partial charge in [0, 0.05) is 55.9 Å². The van der Waals surface area contributed by atoms with Crippen LogP contribution in [-0.2, 0) is 12.8 Å². The Bertz CT molecular complexity index is 1470. The number of hydrogen-bond donors (Lipinski definition) is 4. The SMILES string of the molecule is [2H]C([2H])([2H])NC(=O)c1ccccc1Nc1cc(Nc2ccc3c(c2OC)CCC[C@H](N2CCN(CCO)CC2)C3)ncc1Cl. The zero-order chi connectivity index (χ0) is 31.3. The lowest BCUT2D eigenvalue weighted by Gasteiger charge is -2.39. The van der Waals surface area contributed by atoms with Crippen LogP contribution in [0.1, 0.15) is 38.4 Å². The summed E-state index contributed by atoms with van der Waals surface area (Å²) in [5.74, 6) is 0.596. The number of carbonyl (C=O) groups excluding carboxylic acids is 1. The molecule has 0 bridgehead atoms. The first-order valence-corrected chi connectivity index (χ1v) is 14.4. The zero-order valence-corrected chi connectivity index (χ0v) is 24.0. The van der Waals surface area contributed by atoms with Gasteiger partial charge in [0.1, 0.15) is 11.6 Å². The number of anilines is 4. The molecule has 1 saturated heterocycles. The van der Waals surface area contributed by atoms with Gasteiger partial charge in [0.2, 0.25) is 0 Å².